The molecule has 1 heterocycles. The van der Waals surface area contributed by atoms with Gasteiger partial charge in [0.05, 0.1) is 0 Å². The molecule has 2 N–H and O–H groups in total. The number of H-pyrrole nitrogens is 1. The fraction of sp³-hybridized carbons (Fsp3) is 0.600. The maximum absolute atomic E-state index is 12.2. The zero-order valence-electron chi connectivity index (χ0n) is 11.7. The van der Waals surface area contributed by atoms with Crippen molar-refractivity contribution in [1.82, 2.24) is 10.3 Å². The van der Waals surface area contributed by atoms with Crippen molar-refractivity contribution in [2.75, 3.05) is 0 Å². The van der Waals surface area contributed by atoms with Gasteiger partial charge < -0.3 is 10.3 Å². The smallest absolute Gasteiger partial charge is 0.261 e. The first kappa shape index (κ1) is 13.8. The number of aromatic nitrogens is 1. The second-order valence-electron chi connectivity index (χ2n) is 5.32. The predicted molar refractivity (Wildman–Crippen MR) is 75.5 cm³/mol. The van der Waals surface area contributed by atoms with Crippen molar-refractivity contribution in [3.8, 4) is 0 Å². The molecule has 1 saturated carbocycles. The number of aromatic amines is 1. The summed E-state index contributed by atoms with van der Waals surface area (Å²) < 4.78 is 0. The summed E-state index contributed by atoms with van der Waals surface area (Å²) in [5, 5.41) is 2.99. The Hall–Kier alpha value is -1.58. The van der Waals surface area contributed by atoms with Crippen LogP contribution in [0.25, 0.3) is 0 Å². The standard InChI is InChI=1S/C15H22N2O2/c1-3-11-9-13(14(18)16-10(11)2)15(19)17-12-7-5-4-6-8-12/h9,12H,3-8H2,1-2H3,(H,16,18)(H,17,19). The molecule has 1 aromatic heterocycles. The van der Waals surface area contributed by atoms with Gasteiger partial charge in [-0.05, 0) is 37.8 Å². The summed E-state index contributed by atoms with van der Waals surface area (Å²) in [5.41, 5.74) is 1.83. The SMILES string of the molecule is CCc1cc(C(=O)NC2CCCCC2)c(=O)[nH]c1C. The highest BCUT2D eigenvalue weighted by Gasteiger charge is 2.19. The van der Waals surface area contributed by atoms with Crippen LogP contribution in [0.4, 0.5) is 0 Å². The molecular formula is C15H22N2O2. The summed E-state index contributed by atoms with van der Waals surface area (Å²) in [4.78, 5) is 26.8. The van der Waals surface area contributed by atoms with Gasteiger partial charge in [0.15, 0.2) is 0 Å². The molecule has 0 saturated heterocycles. The van der Waals surface area contributed by atoms with Gasteiger partial charge in [0.2, 0.25) is 0 Å². The predicted octanol–water partition coefficient (Wildman–Crippen LogP) is 2.31. The summed E-state index contributed by atoms with van der Waals surface area (Å²) in [5.74, 6) is -0.233. The summed E-state index contributed by atoms with van der Waals surface area (Å²) in [6, 6.07) is 1.96. The monoisotopic (exact) mass is 262 g/mol. The number of carbonyl (C=O) groups is 1. The van der Waals surface area contributed by atoms with E-state index in [0.717, 1.165) is 43.4 Å². The number of aryl methyl sites for hydroxylation is 2. The molecule has 4 heteroatoms. The molecule has 19 heavy (non-hydrogen) atoms. The van der Waals surface area contributed by atoms with Crippen LogP contribution in [0.5, 0.6) is 0 Å². The largest absolute Gasteiger partial charge is 0.349 e. The van der Waals surface area contributed by atoms with Crippen molar-refractivity contribution < 1.29 is 4.79 Å². The lowest BCUT2D eigenvalue weighted by Gasteiger charge is -2.22. The lowest BCUT2D eigenvalue weighted by atomic mass is 9.95. The maximum Gasteiger partial charge on any atom is 0.261 e. The van der Waals surface area contributed by atoms with Gasteiger partial charge in [-0.25, -0.2) is 0 Å². The molecule has 1 amide bonds. The normalized spacial score (nSPS) is 16.3. The molecule has 0 unspecified atom stereocenters. The van der Waals surface area contributed by atoms with E-state index < -0.39 is 0 Å². The number of nitrogens with one attached hydrogen (secondary N) is 2. The lowest BCUT2D eigenvalue weighted by Crippen LogP contribution is -2.38. The van der Waals surface area contributed by atoms with Crippen molar-refractivity contribution in [3.05, 3.63) is 33.2 Å². The van der Waals surface area contributed by atoms with Crippen LogP contribution in [-0.2, 0) is 6.42 Å². The van der Waals surface area contributed by atoms with E-state index in [-0.39, 0.29) is 23.1 Å². The van der Waals surface area contributed by atoms with Gasteiger partial charge in [0.1, 0.15) is 5.56 Å². The van der Waals surface area contributed by atoms with Crippen molar-refractivity contribution >= 4 is 5.91 Å². The van der Waals surface area contributed by atoms with E-state index >= 15 is 0 Å². The van der Waals surface area contributed by atoms with E-state index in [2.05, 4.69) is 10.3 Å². The molecule has 4 nitrogen and oxygen atoms in total. The van der Waals surface area contributed by atoms with Gasteiger partial charge in [-0.15, -0.1) is 0 Å². The molecule has 0 spiro atoms. The highest BCUT2D eigenvalue weighted by atomic mass is 16.2. The summed E-state index contributed by atoms with van der Waals surface area (Å²) >= 11 is 0. The second kappa shape index (κ2) is 6.04. The quantitative estimate of drug-likeness (QED) is 0.878. The zero-order chi connectivity index (χ0) is 13.8. The molecule has 1 fully saturated rings. The Bertz CT molecular complexity index is 513. The van der Waals surface area contributed by atoms with Crippen LogP contribution in [0.3, 0.4) is 0 Å². The van der Waals surface area contributed by atoms with Crippen molar-refractivity contribution in [3.63, 3.8) is 0 Å². The second-order valence-corrected chi connectivity index (χ2v) is 5.32. The number of carbonyl (C=O) groups excluding carboxylic acids is 1. The fourth-order valence-electron chi connectivity index (χ4n) is 2.71. The van der Waals surface area contributed by atoms with E-state index in [9.17, 15) is 9.59 Å². The molecule has 0 radical (unpaired) electrons. The third-order valence-electron chi connectivity index (χ3n) is 3.91. The molecule has 0 aromatic carbocycles. The number of rotatable bonds is 3. The minimum absolute atomic E-state index is 0.229. The molecule has 0 atom stereocenters. The van der Waals surface area contributed by atoms with Crippen LogP contribution >= 0.6 is 0 Å². The molecule has 104 valence electrons. The fourth-order valence-corrected chi connectivity index (χ4v) is 2.71. The van der Waals surface area contributed by atoms with Crippen LogP contribution < -0.4 is 10.9 Å². The Morgan fingerprint density at radius 2 is 2.05 bits per heavy atom. The molecule has 2 rings (SSSR count). The van der Waals surface area contributed by atoms with E-state index in [0.29, 0.717) is 0 Å². The average Bonchev–Trinajstić information content (AvgIpc) is 2.40. The Morgan fingerprint density at radius 1 is 1.37 bits per heavy atom. The third kappa shape index (κ3) is 3.25. The summed E-state index contributed by atoms with van der Waals surface area (Å²) in [7, 11) is 0. The first-order chi connectivity index (χ1) is 9.11. The van der Waals surface area contributed by atoms with Crippen molar-refractivity contribution in [1.29, 1.82) is 0 Å². The summed E-state index contributed by atoms with van der Waals surface area (Å²) in [6.45, 7) is 3.88. The van der Waals surface area contributed by atoms with E-state index in [1.54, 1.807) is 6.07 Å². The van der Waals surface area contributed by atoms with Gasteiger partial charge in [0.25, 0.3) is 11.5 Å². The number of hydrogen-bond acceptors (Lipinski definition) is 2. The van der Waals surface area contributed by atoms with E-state index in [1.807, 2.05) is 13.8 Å². The Morgan fingerprint density at radius 3 is 2.68 bits per heavy atom. The van der Waals surface area contributed by atoms with Gasteiger partial charge in [-0.3, -0.25) is 9.59 Å². The zero-order valence-corrected chi connectivity index (χ0v) is 11.7. The number of pyridine rings is 1. The summed E-state index contributed by atoms with van der Waals surface area (Å²) in [6.07, 6.45) is 6.43. The van der Waals surface area contributed by atoms with Gasteiger partial charge in [0, 0.05) is 11.7 Å². The Balaban J connectivity index is 2.16. The lowest BCUT2D eigenvalue weighted by molar-refractivity contribution is 0.0926. The first-order valence-corrected chi connectivity index (χ1v) is 7.15. The molecule has 1 aliphatic rings. The van der Waals surface area contributed by atoms with E-state index in [4.69, 9.17) is 0 Å². The first-order valence-electron chi connectivity index (χ1n) is 7.15. The highest BCUT2D eigenvalue weighted by molar-refractivity contribution is 5.94. The molecular weight excluding hydrogens is 240 g/mol. The van der Waals surface area contributed by atoms with Crippen LogP contribution in [-0.4, -0.2) is 16.9 Å². The van der Waals surface area contributed by atoms with E-state index in [1.165, 1.54) is 6.42 Å². The van der Waals surface area contributed by atoms with Crippen molar-refractivity contribution in [2.24, 2.45) is 0 Å². The molecule has 1 aromatic rings. The topological polar surface area (TPSA) is 62.0 Å². The number of hydrogen-bond donors (Lipinski definition) is 2. The Labute approximate surface area is 113 Å². The van der Waals surface area contributed by atoms with Gasteiger partial charge in [-0.2, -0.15) is 0 Å². The van der Waals surface area contributed by atoms with Crippen molar-refractivity contribution in [2.45, 2.75) is 58.4 Å². The minimum Gasteiger partial charge on any atom is -0.349 e. The van der Waals surface area contributed by atoms with Crippen LogP contribution in [0.1, 0.15) is 60.6 Å². The Kier molecular flexibility index (Phi) is 4.40. The average molecular weight is 262 g/mol. The van der Waals surface area contributed by atoms with Gasteiger partial charge in [-0.1, -0.05) is 26.2 Å². The van der Waals surface area contributed by atoms with Crippen LogP contribution in [0, 0.1) is 6.92 Å². The number of amides is 1. The van der Waals surface area contributed by atoms with Gasteiger partial charge >= 0.3 is 0 Å². The molecule has 0 bridgehead atoms. The highest BCUT2D eigenvalue weighted by Crippen LogP contribution is 2.17. The molecule has 1 aliphatic carbocycles. The molecule has 0 aliphatic heterocycles. The third-order valence-corrected chi connectivity index (χ3v) is 3.91. The van der Waals surface area contributed by atoms with Crippen LogP contribution in [0.15, 0.2) is 10.9 Å². The minimum atomic E-state index is -0.289. The van der Waals surface area contributed by atoms with Crippen LogP contribution in [0.2, 0.25) is 0 Å². The maximum atomic E-state index is 12.2.